The topological polar surface area (TPSA) is 71.3 Å². The van der Waals surface area contributed by atoms with Gasteiger partial charge in [-0.25, -0.2) is 4.79 Å². The molecule has 2 unspecified atom stereocenters. The van der Waals surface area contributed by atoms with Crippen LogP contribution in [0.5, 0.6) is 0 Å². The first-order valence-electron chi connectivity index (χ1n) is 9.64. The second-order valence-corrected chi connectivity index (χ2v) is 8.33. The number of aromatic nitrogens is 1. The Balaban J connectivity index is 1.79. The molecule has 1 aromatic heterocycles. The highest BCUT2D eigenvalue weighted by atomic mass is 16.6. The molecule has 2 aromatic rings. The molecule has 1 saturated carbocycles. The van der Waals surface area contributed by atoms with Crippen molar-refractivity contribution in [3.63, 3.8) is 0 Å². The van der Waals surface area contributed by atoms with Crippen LogP contribution in [0.2, 0.25) is 0 Å². The van der Waals surface area contributed by atoms with E-state index in [4.69, 9.17) is 10.5 Å². The summed E-state index contributed by atoms with van der Waals surface area (Å²) >= 11 is 0. The van der Waals surface area contributed by atoms with E-state index in [-0.39, 0.29) is 12.1 Å². The van der Waals surface area contributed by atoms with Gasteiger partial charge in [0, 0.05) is 35.4 Å². The molecule has 0 radical (unpaired) electrons. The SMILES string of the molecule is CCN(C(=O)OC(C)(C)C)C1CCCC(c2c[nH]c3ccc(N)cc23)C1. The van der Waals surface area contributed by atoms with Crippen LogP contribution >= 0.6 is 0 Å². The van der Waals surface area contributed by atoms with Crippen molar-refractivity contribution in [3.05, 3.63) is 30.0 Å². The number of rotatable bonds is 3. The van der Waals surface area contributed by atoms with Crippen LogP contribution in [0.15, 0.2) is 24.4 Å². The molecule has 3 N–H and O–H groups in total. The van der Waals surface area contributed by atoms with Gasteiger partial charge in [-0.1, -0.05) is 6.42 Å². The van der Waals surface area contributed by atoms with Gasteiger partial charge in [0.1, 0.15) is 5.60 Å². The van der Waals surface area contributed by atoms with E-state index >= 15 is 0 Å². The van der Waals surface area contributed by atoms with Gasteiger partial charge in [0.25, 0.3) is 0 Å². The minimum Gasteiger partial charge on any atom is -0.444 e. The number of fused-ring (bicyclic) bond motifs is 1. The normalized spacial score (nSPS) is 20.9. The van der Waals surface area contributed by atoms with Crippen molar-refractivity contribution in [1.29, 1.82) is 0 Å². The highest BCUT2D eigenvalue weighted by Crippen LogP contribution is 2.39. The number of nitrogen functional groups attached to an aromatic ring is 1. The summed E-state index contributed by atoms with van der Waals surface area (Å²) in [4.78, 5) is 17.9. The van der Waals surface area contributed by atoms with Crippen LogP contribution < -0.4 is 5.73 Å². The van der Waals surface area contributed by atoms with Crippen molar-refractivity contribution < 1.29 is 9.53 Å². The van der Waals surface area contributed by atoms with Gasteiger partial charge in [0.05, 0.1) is 0 Å². The van der Waals surface area contributed by atoms with E-state index in [0.29, 0.717) is 12.5 Å². The summed E-state index contributed by atoms with van der Waals surface area (Å²) in [6.45, 7) is 8.45. The molecule has 5 nitrogen and oxygen atoms in total. The third-order valence-electron chi connectivity index (χ3n) is 5.23. The molecule has 1 heterocycles. The minimum atomic E-state index is -0.465. The molecule has 5 heteroatoms. The molecule has 3 rings (SSSR count). The number of nitrogens with one attached hydrogen (secondary N) is 1. The first kappa shape index (κ1) is 18.6. The number of anilines is 1. The van der Waals surface area contributed by atoms with E-state index in [1.54, 1.807) is 0 Å². The number of nitrogens with two attached hydrogens (primary N) is 1. The van der Waals surface area contributed by atoms with Gasteiger partial charge < -0.3 is 20.4 Å². The maximum atomic E-state index is 12.6. The van der Waals surface area contributed by atoms with E-state index in [2.05, 4.69) is 17.2 Å². The smallest absolute Gasteiger partial charge is 0.410 e. The Morgan fingerprint density at radius 2 is 2.12 bits per heavy atom. The summed E-state index contributed by atoms with van der Waals surface area (Å²) in [6, 6.07) is 6.23. The summed E-state index contributed by atoms with van der Waals surface area (Å²) in [5.74, 6) is 0.431. The largest absolute Gasteiger partial charge is 0.444 e. The number of hydrogen-bond acceptors (Lipinski definition) is 3. The van der Waals surface area contributed by atoms with Gasteiger partial charge in [-0.15, -0.1) is 0 Å². The molecular formula is C21H31N3O2. The number of ether oxygens (including phenoxy) is 1. The molecule has 1 amide bonds. The van der Waals surface area contributed by atoms with Crippen molar-refractivity contribution in [1.82, 2.24) is 9.88 Å². The number of H-pyrrole nitrogens is 1. The van der Waals surface area contributed by atoms with Crippen LogP contribution in [0, 0.1) is 0 Å². The predicted molar refractivity (Wildman–Crippen MR) is 106 cm³/mol. The van der Waals surface area contributed by atoms with E-state index in [1.165, 1.54) is 10.9 Å². The molecule has 0 saturated heterocycles. The molecule has 0 spiro atoms. The zero-order valence-corrected chi connectivity index (χ0v) is 16.3. The first-order chi connectivity index (χ1) is 12.3. The molecule has 1 aliphatic carbocycles. The predicted octanol–water partition coefficient (Wildman–Crippen LogP) is 5.03. The Kier molecular flexibility index (Phi) is 5.17. The lowest BCUT2D eigenvalue weighted by Gasteiger charge is -2.37. The van der Waals surface area contributed by atoms with Crippen molar-refractivity contribution in [3.8, 4) is 0 Å². The van der Waals surface area contributed by atoms with E-state index in [0.717, 1.165) is 36.9 Å². The third kappa shape index (κ3) is 3.97. The Morgan fingerprint density at radius 1 is 1.35 bits per heavy atom. The second-order valence-electron chi connectivity index (χ2n) is 8.33. The van der Waals surface area contributed by atoms with Crippen molar-refractivity contribution >= 4 is 22.7 Å². The number of aromatic amines is 1. The van der Waals surface area contributed by atoms with Crippen LogP contribution in [-0.4, -0.2) is 34.2 Å². The van der Waals surface area contributed by atoms with Gasteiger partial charge in [0.2, 0.25) is 0 Å². The van der Waals surface area contributed by atoms with Crippen LogP contribution in [0.25, 0.3) is 10.9 Å². The summed E-state index contributed by atoms with van der Waals surface area (Å²) in [7, 11) is 0. The lowest BCUT2D eigenvalue weighted by atomic mass is 9.80. The van der Waals surface area contributed by atoms with E-state index < -0.39 is 5.60 Å². The lowest BCUT2D eigenvalue weighted by Crippen LogP contribution is -2.45. The first-order valence-corrected chi connectivity index (χ1v) is 9.64. The molecule has 1 aromatic carbocycles. The summed E-state index contributed by atoms with van der Waals surface area (Å²) in [6.07, 6.45) is 6.17. The van der Waals surface area contributed by atoms with Gasteiger partial charge >= 0.3 is 6.09 Å². The molecule has 1 fully saturated rings. The number of carbonyl (C=O) groups is 1. The Hall–Kier alpha value is -2.17. The van der Waals surface area contributed by atoms with Gasteiger partial charge in [0.15, 0.2) is 0 Å². The summed E-state index contributed by atoms with van der Waals surface area (Å²) in [5.41, 5.74) is 8.75. The fourth-order valence-corrected chi connectivity index (χ4v) is 4.08. The zero-order valence-electron chi connectivity index (χ0n) is 16.3. The maximum absolute atomic E-state index is 12.6. The molecule has 1 aliphatic rings. The molecule has 142 valence electrons. The molecule has 2 atom stereocenters. The van der Waals surface area contributed by atoms with Crippen LogP contribution in [0.3, 0.4) is 0 Å². The van der Waals surface area contributed by atoms with Crippen molar-refractivity contribution in [2.75, 3.05) is 12.3 Å². The van der Waals surface area contributed by atoms with Crippen molar-refractivity contribution in [2.45, 2.75) is 70.9 Å². The quantitative estimate of drug-likeness (QED) is 0.757. The number of carbonyl (C=O) groups excluding carboxylic acids is 1. The number of hydrogen-bond donors (Lipinski definition) is 2. The van der Waals surface area contributed by atoms with Gasteiger partial charge in [-0.3, -0.25) is 0 Å². The molecular weight excluding hydrogens is 326 g/mol. The second kappa shape index (κ2) is 7.22. The third-order valence-corrected chi connectivity index (χ3v) is 5.23. The minimum absolute atomic E-state index is 0.200. The van der Waals surface area contributed by atoms with Gasteiger partial charge in [-0.2, -0.15) is 0 Å². The summed E-state index contributed by atoms with van der Waals surface area (Å²) < 4.78 is 5.62. The highest BCUT2D eigenvalue weighted by Gasteiger charge is 2.32. The van der Waals surface area contributed by atoms with Crippen molar-refractivity contribution in [2.24, 2.45) is 0 Å². The highest BCUT2D eigenvalue weighted by molar-refractivity contribution is 5.86. The molecule has 26 heavy (non-hydrogen) atoms. The van der Waals surface area contributed by atoms with Gasteiger partial charge in [-0.05, 0) is 76.6 Å². The van der Waals surface area contributed by atoms with E-state index in [9.17, 15) is 4.79 Å². The fraction of sp³-hybridized carbons (Fsp3) is 0.571. The zero-order chi connectivity index (χ0) is 18.9. The van der Waals surface area contributed by atoms with Crippen LogP contribution in [0.1, 0.15) is 64.9 Å². The van der Waals surface area contributed by atoms with Crippen LogP contribution in [0.4, 0.5) is 10.5 Å². The monoisotopic (exact) mass is 357 g/mol. The van der Waals surface area contributed by atoms with E-state index in [1.807, 2.05) is 44.7 Å². The number of nitrogens with zero attached hydrogens (tertiary/aromatic N) is 1. The maximum Gasteiger partial charge on any atom is 0.410 e. The summed E-state index contributed by atoms with van der Waals surface area (Å²) in [5, 5.41) is 1.20. The standard InChI is InChI=1S/C21H31N3O2/c1-5-24(20(25)26-21(2,3)4)16-8-6-7-14(11-16)18-13-23-19-10-9-15(22)12-17(18)19/h9-10,12-14,16,23H,5-8,11,22H2,1-4H3. The average molecular weight is 357 g/mol. The Morgan fingerprint density at radius 3 is 2.81 bits per heavy atom. The molecule has 0 aliphatic heterocycles. The number of benzene rings is 1. The molecule has 0 bridgehead atoms. The number of amides is 1. The van der Waals surface area contributed by atoms with Crippen LogP contribution in [-0.2, 0) is 4.74 Å². The average Bonchev–Trinajstić information content (AvgIpc) is 2.97. The fourth-order valence-electron chi connectivity index (χ4n) is 4.08. The Labute approximate surface area is 155 Å². The Bertz CT molecular complexity index is 775. The lowest BCUT2D eigenvalue weighted by molar-refractivity contribution is 0.0126.